The topological polar surface area (TPSA) is 72.7 Å². The number of hydrogen-bond donors (Lipinski definition) is 2. The van der Waals surface area contributed by atoms with Crippen LogP contribution in [0.1, 0.15) is 11.3 Å². The summed E-state index contributed by atoms with van der Waals surface area (Å²) in [5.41, 5.74) is 3.03. The predicted octanol–water partition coefficient (Wildman–Crippen LogP) is 2.23. The molecule has 0 radical (unpaired) electrons. The van der Waals surface area contributed by atoms with Crippen LogP contribution < -0.4 is 5.32 Å². The quantitative estimate of drug-likeness (QED) is 0.521. The molecule has 0 spiro atoms. The molecule has 28 heavy (non-hydrogen) atoms. The minimum absolute atomic E-state index is 0.208. The summed E-state index contributed by atoms with van der Waals surface area (Å²) < 4.78 is 18.4. The molecule has 1 fully saturated rings. The van der Waals surface area contributed by atoms with Gasteiger partial charge in [-0.3, -0.25) is 9.89 Å². The maximum Gasteiger partial charge on any atom is 0.193 e. The van der Waals surface area contributed by atoms with Gasteiger partial charge in [-0.15, -0.1) is 0 Å². The molecule has 0 unspecified atom stereocenters. The number of aromatic nitrogens is 2. The van der Waals surface area contributed by atoms with Gasteiger partial charge in [0.15, 0.2) is 5.96 Å². The zero-order valence-corrected chi connectivity index (χ0v) is 16.0. The van der Waals surface area contributed by atoms with Crippen LogP contribution in [-0.2, 0) is 13.0 Å². The molecular formula is C20H25FN6O. The maximum atomic E-state index is 13.5. The smallest absolute Gasteiger partial charge is 0.193 e. The molecule has 0 aliphatic carbocycles. The molecule has 1 saturated heterocycles. The Morgan fingerprint density at radius 2 is 2.14 bits per heavy atom. The fourth-order valence-electron chi connectivity index (χ4n) is 3.66. The number of aromatic amines is 1. The van der Waals surface area contributed by atoms with Gasteiger partial charge in [0.2, 0.25) is 0 Å². The highest BCUT2D eigenvalue weighted by atomic mass is 19.1. The minimum atomic E-state index is -0.208. The van der Waals surface area contributed by atoms with Crippen molar-refractivity contribution in [3.05, 3.63) is 53.8 Å². The molecule has 1 aliphatic rings. The first-order valence-electron chi connectivity index (χ1n) is 9.55. The fourth-order valence-corrected chi connectivity index (χ4v) is 3.66. The number of fused-ring (bicyclic) bond motifs is 1. The second-order valence-corrected chi connectivity index (χ2v) is 6.98. The Morgan fingerprint density at radius 1 is 1.29 bits per heavy atom. The van der Waals surface area contributed by atoms with Crippen molar-refractivity contribution in [3.63, 3.8) is 0 Å². The first-order chi connectivity index (χ1) is 13.7. The monoisotopic (exact) mass is 384 g/mol. The molecule has 0 atom stereocenters. The summed E-state index contributed by atoms with van der Waals surface area (Å²) in [4.78, 5) is 12.3. The lowest BCUT2D eigenvalue weighted by Gasteiger charge is -2.36. The van der Waals surface area contributed by atoms with Crippen LogP contribution in [0, 0.1) is 5.82 Å². The van der Waals surface area contributed by atoms with Gasteiger partial charge in [0.05, 0.1) is 5.69 Å². The minimum Gasteiger partial charge on any atom is -0.364 e. The zero-order chi connectivity index (χ0) is 19.3. The molecule has 148 valence electrons. The van der Waals surface area contributed by atoms with E-state index in [9.17, 15) is 4.39 Å². The second kappa shape index (κ2) is 8.43. The van der Waals surface area contributed by atoms with Gasteiger partial charge in [-0.1, -0.05) is 5.16 Å². The van der Waals surface area contributed by atoms with E-state index in [1.165, 1.54) is 6.07 Å². The summed E-state index contributed by atoms with van der Waals surface area (Å²) in [5, 5.41) is 8.36. The van der Waals surface area contributed by atoms with Gasteiger partial charge in [0, 0.05) is 69.5 Å². The summed E-state index contributed by atoms with van der Waals surface area (Å²) in [5.74, 6) is 0.702. The van der Waals surface area contributed by atoms with E-state index in [2.05, 4.69) is 30.2 Å². The summed E-state index contributed by atoms with van der Waals surface area (Å²) in [7, 11) is 1.81. The number of benzene rings is 1. The van der Waals surface area contributed by atoms with Crippen LogP contribution >= 0.6 is 0 Å². The molecule has 3 heterocycles. The Balaban J connectivity index is 1.27. The number of hydrogen-bond acceptors (Lipinski definition) is 4. The van der Waals surface area contributed by atoms with Crippen LogP contribution in [0.2, 0.25) is 0 Å². The van der Waals surface area contributed by atoms with Gasteiger partial charge < -0.3 is 19.7 Å². The van der Waals surface area contributed by atoms with Crippen molar-refractivity contribution in [1.82, 2.24) is 25.3 Å². The van der Waals surface area contributed by atoms with E-state index in [0.717, 1.165) is 73.8 Å². The van der Waals surface area contributed by atoms with E-state index >= 15 is 0 Å². The standard InChI is InChI=1S/C20H25FN6O/c1-22-20(27-9-7-26(8-10-27)14-17-5-11-28-25-17)23-6-4-15-13-24-19-3-2-16(21)12-18(15)19/h2-3,5,11-13,24H,4,6-10,14H2,1H3,(H,22,23). The molecule has 2 N–H and O–H groups in total. The molecule has 3 aromatic rings. The lowest BCUT2D eigenvalue weighted by atomic mass is 10.1. The molecule has 1 aromatic carbocycles. The number of aliphatic imine (C=N–C) groups is 1. The van der Waals surface area contributed by atoms with Crippen molar-refractivity contribution in [2.75, 3.05) is 39.8 Å². The summed E-state index contributed by atoms with van der Waals surface area (Å²) in [6.45, 7) is 5.29. The third-order valence-electron chi connectivity index (χ3n) is 5.17. The molecular weight excluding hydrogens is 359 g/mol. The van der Waals surface area contributed by atoms with E-state index in [1.54, 1.807) is 18.4 Å². The van der Waals surface area contributed by atoms with Gasteiger partial charge in [0.1, 0.15) is 12.1 Å². The number of nitrogens with one attached hydrogen (secondary N) is 2. The third kappa shape index (κ3) is 4.17. The van der Waals surface area contributed by atoms with Gasteiger partial charge in [0.25, 0.3) is 0 Å². The zero-order valence-electron chi connectivity index (χ0n) is 16.0. The van der Waals surface area contributed by atoms with Gasteiger partial charge in [-0.2, -0.15) is 0 Å². The number of halogens is 1. The maximum absolute atomic E-state index is 13.5. The van der Waals surface area contributed by atoms with Gasteiger partial charge >= 0.3 is 0 Å². The SMILES string of the molecule is CN=C(NCCc1c[nH]c2ccc(F)cc12)N1CCN(Cc2ccon2)CC1. The first-order valence-corrected chi connectivity index (χ1v) is 9.55. The summed E-state index contributed by atoms with van der Waals surface area (Å²) >= 11 is 0. The van der Waals surface area contributed by atoms with E-state index in [1.807, 2.05) is 19.3 Å². The molecule has 4 rings (SSSR count). The second-order valence-electron chi connectivity index (χ2n) is 6.98. The molecule has 0 bridgehead atoms. The molecule has 7 nitrogen and oxygen atoms in total. The molecule has 2 aromatic heterocycles. The van der Waals surface area contributed by atoms with E-state index in [0.29, 0.717) is 0 Å². The Kier molecular flexibility index (Phi) is 5.57. The van der Waals surface area contributed by atoms with Gasteiger partial charge in [-0.05, 0) is 30.2 Å². The Hall–Kier alpha value is -2.87. The molecule has 0 saturated carbocycles. The van der Waals surface area contributed by atoms with Crippen LogP contribution in [0.3, 0.4) is 0 Å². The third-order valence-corrected chi connectivity index (χ3v) is 5.17. The van der Waals surface area contributed by atoms with Crippen molar-refractivity contribution in [1.29, 1.82) is 0 Å². The Labute approximate surface area is 163 Å². The van der Waals surface area contributed by atoms with Crippen LogP contribution in [-0.4, -0.2) is 65.7 Å². The normalized spacial score (nSPS) is 16.1. The Morgan fingerprint density at radius 3 is 2.89 bits per heavy atom. The van der Waals surface area contributed by atoms with E-state index < -0.39 is 0 Å². The van der Waals surface area contributed by atoms with Crippen molar-refractivity contribution in [3.8, 4) is 0 Å². The van der Waals surface area contributed by atoms with Crippen molar-refractivity contribution < 1.29 is 8.91 Å². The number of guanidine groups is 1. The van der Waals surface area contributed by atoms with E-state index in [4.69, 9.17) is 4.52 Å². The highest BCUT2D eigenvalue weighted by Crippen LogP contribution is 2.19. The van der Waals surface area contributed by atoms with Crippen LogP contribution in [0.5, 0.6) is 0 Å². The average Bonchev–Trinajstić information content (AvgIpc) is 3.36. The number of rotatable bonds is 5. The van der Waals surface area contributed by atoms with Crippen LogP contribution in [0.25, 0.3) is 10.9 Å². The van der Waals surface area contributed by atoms with Crippen LogP contribution in [0.15, 0.2) is 46.2 Å². The average molecular weight is 384 g/mol. The Bertz CT molecular complexity index is 927. The van der Waals surface area contributed by atoms with Crippen molar-refractivity contribution >= 4 is 16.9 Å². The first kappa shape index (κ1) is 18.5. The highest BCUT2D eigenvalue weighted by molar-refractivity contribution is 5.83. The molecule has 1 aliphatic heterocycles. The lowest BCUT2D eigenvalue weighted by Crippen LogP contribution is -2.52. The number of nitrogens with zero attached hydrogens (tertiary/aromatic N) is 4. The highest BCUT2D eigenvalue weighted by Gasteiger charge is 2.20. The summed E-state index contributed by atoms with van der Waals surface area (Å²) in [6.07, 6.45) is 4.37. The molecule has 0 amide bonds. The largest absolute Gasteiger partial charge is 0.364 e. The van der Waals surface area contributed by atoms with Crippen LogP contribution in [0.4, 0.5) is 4.39 Å². The molecule has 8 heteroatoms. The number of piperazine rings is 1. The van der Waals surface area contributed by atoms with Gasteiger partial charge in [-0.25, -0.2) is 4.39 Å². The number of H-pyrrole nitrogens is 1. The predicted molar refractivity (Wildman–Crippen MR) is 107 cm³/mol. The van der Waals surface area contributed by atoms with Crippen molar-refractivity contribution in [2.24, 2.45) is 4.99 Å². The lowest BCUT2D eigenvalue weighted by molar-refractivity contribution is 0.169. The van der Waals surface area contributed by atoms with E-state index in [-0.39, 0.29) is 5.82 Å². The van der Waals surface area contributed by atoms with Crippen molar-refractivity contribution in [2.45, 2.75) is 13.0 Å². The fraction of sp³-hybridized carbons (Fsp3) is 0.400. The summed E-state index contributed by atoms with van der Waals surface area (Å²) in [6, 6.07) is 6.75.